The number of nitrogens with two attached hydrogens (primary N) is 2. The summed E-state index contributed by atoms with van der Waals surface area (Å²) >= 11 is 0. The summed E-state index contributed by atoms with van der Waals surface area (Å²) < 4.78 is 31.7. The molecule has 0 bridgehead atoms. The molecule has 0 aliphatic heterocycles. The summed E-state index contributed by atoms with van der Waals surface area (Å²) in [4.78, 5) is 11.2. The SMILES string of the molecule is NCCNC(=O)COCCOCCOCCOCCOCCOCCN. The second-order valence-corrected chi connectivity index (χ2v) is 5.04. The Morgan fingerprint density at radius 1 is 0.577 bits per heavy atom. The van der Waals surface area contributed by atoms with Gasteiger partial charge in [-0.05, 0) is 0 Å². The molecule has 0 aromatic carbocycles. The normalized spacial score (nSPS) is 11.0. The predicted molar refractivity (Wildman–Crippen MR) is 96.0 cm³/mol. The molecule has 0 radical (unpaired) electrons. The van der Waals surface area contributed by atoms with Gasteiger partial charge in [0.1, 0.15) is 6.61 Å². The van der Waals surface area contributed by atoms with Crippen LogP contribution in [0.4, 0.5) is 0 Å². The van der Waals surface area contributed by atoms with Crippen molar-refractivity contribution >= 4 is 5.91 Å². The fraction of sp³-hybridized carbons (Fsp3) is 0.938. The number of rotatable bonds is 21. The molecule has 0 rings (SSSR count). The highest BCUT2D eigenvalue weighted by Gasteiger charge is 1.99. The molecule has 1 amide bonds. The largest absolute Gasteiger partial charge is 0.378 e. The van der Waals surface area contributed by atoms with Crippen LogP contribution < -0.4 is 16.8 Å². The zero-order valence-corrected chi connectivity index (χ0v) is 15.6. The maximum atomic E-state index is 11.2. The highest BCUT2D eigenvalue weighted by atomic mass is 16.6. The molecular weight excluding hydrogens is 346 g/mol. The molecule has 0 aliphatic rings. The Morgan fingerprint density at radius 2 is 0.962 bits per heavy atom. The van der Waals surface area contributed by atoms with Crippen LogP contribution in [0.1, 0.15) is 0 Å². The molecule has 10 heteroatoms. The third kappa shape index (κ3) is 21.2. The van der Waals surface area contributed by atoms with E-state index in [1.165, 1.54) is 0 Å². The van der Waals surface area contributed by atoms with Gasteiger partial charge in [0.2, 0.25) is 5.91 Å². The Labute approximate surface area is 155 Å². The minimum absolute atomic E-state index is 0.0155. The van der Waals surface area contributed by atoms with Gasteiger partial charge >= 0.3 is 0 Å². The van der Waals surface area contributed by atoms with Crippen LogP contribution in [0, 0.1) is 0 Å². The lowest BCUT2D eigenvalue weighted by Gasteiger charge is -2.08. The highest BCUT2D eigenvalue weighted by molar-refractivity contribution is 5.77. The van der Waals surface area contributed by atoms with E-state index < -0.39 is 0 Å². The smallest absolute Gasteiger partial charge is 0.246 e. The Kier molecular flexibility index (Phi) is 21.5. The Balaban J connectivity index is 3.04. The van der Waals surface area contributed by atoms with Crippen molar-refractivity contribution in [2.24, 2.45) is 11.5 Å². The summed E-state index contributed by atoms with van der Waals surface area (Å²) in [5.74, 6) is -0.177. The molecule has 26 heavy (non-hydrogen) atoms. The molecule has 0 aromatic heterocycles. The number of amides is 1. The number of nitrogens with one attached hydrogen (secondary N) is 1. The van der Waals surface area contributed by atoms with Gasteiger partial charge in [-0.1, -0.05) is 0 Å². The van der Waals surface area contributed by atoms with Gasteiger partial charge in [0, 0.05) is 19.6 Å². The second kappa shape index (κ2) is 22.2. The van der Waals surface area contributed by atoms with Crippen LogP contribution in [0.2, 0.25) is 0 Å². The van der Waals surface area contributed by atoms with E-state index in [9.17, 15) is 4.79 Å². The van der Waals surface area contributed by atoms with Crippen molar-refractivity contribution in [2.45, 2.75) is 0 Å². The van der Waals surface area contributed by atoms with Crippen molar-refractivity contribution in [2.75, 3.05) is 98.9 Å². The van der Waals surface area contributed by atoms with Gasteiger partial charge in [0.05, 0.1) is 72.7 Å². The molecule has 156 valence electrons. The van der Waals surface area contributed by atoms with E-state index in [1.807, 2.05) is 0 Å². The summed E-state index contributed by atoms with van der Waals surface area (Å²) in [6.07, 6.45) is 0. The number of hydrogen-bond acceptors (Lipinski definition) is 9. The molecule has 0 unspecified atom stereocenters. The molecule has 0 heterocycles. The van der Waals surface area contributed by atoms with Gasteiger partial charge in [0.15, 0.2) is 0 Å². The van der Waals surface area contributed by atoms with Gasteiger partial charge in [-0.2, -0.15) is 0 Å². The lowest BCUT2D eigenvalue weighted by molar-refractivity contribution is -0.126. The maximum absolute atomic E-state index is 11.2. The molecule has 0 saturated heterocycles. The summed E-state index contributed by atoms with van der Waals surface area (Å²) in [7, 11) is 0. The quantitative estimate of drug-likeness (QED) is 0.195. The van der Waals surface area contributed by atoms with Gasteiger partial charge < -0.3 is 45.2 Å². The van der Waals surface area contributed by atoms with Crippen LogP contribution in [0.3, 0.4) is 0 Å². The summed E-state index contributed by atoms with van der Waals surface area (Å²) in [5.41, 5.74) is 10.6. The molecule has 0 aliphatic carbocycles. The first-order valence-corrected chi connectivity index (χ1v) is 8.94. The van der Waals surface area contributed by atoms with Gasteiger partial charge in [-0.25, -0.2) is 0 Å². The van der Waals surface area contributed by atoms with Crippen LogP contribution in [-0.4, -0.2) is 105 Å². The van der Waals surface area contributed by atoms with E-state index in [2.05, 4.69) is 5.32 Å². The number of carbonyl (C=O) groups excluding carboxylic acids is 1. The van der Waals surface area contributed by atoms with Crippen LogP contribution in [0.5, 0.6) is 0 Å². The van der Waals surface area contributed by atoms with E-state index >= 15 is 0 Å². The minimum Gasteiger partial charge on any atom is -0.378 e. The van der Waals surface area contributed by atoms with E-state index in [1.54, 1.807) is 0 Å². The molecular formula is C16H35N3O7. The van der Waals surface area contributed by atoms with Crippen LogP contribution >= 0.6 is 0 Å². The Bertz CT molecular complexity index is 299. The first kappa shape index (κ1) is 25.1. The highest BCUT2D eigenvalue weighted by Crippen LogP contribution is 1.84. The maximum Gasteiger partial charge on any atom is 0.246 e. The Hall–Kier alpha value is -0.850. The first-order chi connectivity index (χ1) is 12.8. The predicted octanol–water partition coefficient (Wildman–Crippen LogP) is -1.88. The van der Waals surface area contributed by atoms with Crippen molar-refractivity contribution < 1.29 is 33.2 Å². The summed E-state index contributed by atoms with van der Waals surface area (Å²) in [5, 5.41) is 2.61. The van der Waals surface area contributed by atoms with E-state index in [4.69, 9.17) is 39.9 Å². The number of carbonyl (C=O) groups is 1. The fourth-order valence-corrected chi connectivity index (χ4v) is 1.61. The average molecular weight is 381 g/mol. The van der Waals surface area contributed by atoms with Crippen LogP contribution in [0.15, 0.2) is 0 Å². The lowest BCUT2D eigenvalue weighted by Crippen LogP contribution is -2.32. The van der Waals surface area contributed by atoms with E-state index in [-0.39, 0.29) is 12.5 Å². The van der Waals surface area contributed by atoms with E-state index in [0.717, 1.165) is 0 Å². The molecule has 10 nitrogen and oxygen atoms in total. The van der Waals surface area contributed by atoms with Gasteiger partial charge in [-0.15, -0.1) is 0 Å². The fourth-order valence-electron chi connectivity index (χ4n) is 1.61. The second-order valence-electron chi connectivity index (χ2n) is 5.04. The summed E-state index contributed by atoms with van der Waals surface area (Å²) in [6.45, 7) is 6.83. The molecule has 0 aromatic rings. The molecule has 5 N–H and O–H groups in total. The van der Waals surface area contributed by atoms with Crippen molar-refractivity contribution in [3.05, 3.63) is 0 Å². The van der Waals surface area contributed by atoms with Crippen LogP contribution in [0.25, 0.3) is 0 Å². The monoisotopic (exact) mass is 381 g/mol. The molecule has 0 atom stereocenters. The number of ether oxygens (including phenoxy) is 6. The molecule has 0 spiro atoms. The van der Waals surface area contributed by atoms with Crippen molar-refractivity contribution in [3.8, 4) is 0 Å². The van der Waals surface area contributed by atoms with E-state index in [0.29, 0.717) is 92.3 Å². The van der Waals surface area contributed by atoms with Gasteiger partial charge in [-0.3, -0.25) is 4.79 Å². The molecule has 0 saturated carbocycles. The van der Waals surface area contributed by atoms with Crippen molar-refractivity contribution in [1.82, 2.24) is 5.32 Å². The standard InChI is InChI=1S/C16H35N3O7/c17-1-3-19-16(20)15-26-14-13-25-12-11-24-10-9-23-8-7-22-6-5-21-4-2-18/h1-15,17-18H2,(H,19,20). The zero-order chi connectivity index (χ0) is 19.1. The number of hydrogen-bond donors (Lipinski definition) is 3. The Morgan fingerprint density at radius 3 is 1.35 bits per heavy atom. The third-order valence-electron chi connectivity index (χ3n) is 2.82. The van der Waals surface area contributed by atoms with Gasteiger partial charge in [0.25, 0.3) is 0 Å². The van der Waals surface area contributed by atoms with Crippen molar-refractivity contribution in [1.29, 1.82) is 0 Å². The van der Waals surface area contributed by atoms with Crippen molar-refractivity contribution in [3.63, 3.8) is 0 Å². The third-order valence-corrected chi connectivity index (χ3v) is 2.82. The zero-order valence-electron chi connectivity index (χ0n) is 15.6. The minimum atomic E-state index is -0.177. The first-order valence-electron chi connectivity index (χ1n) is 8.94. The lowest BCUT2D eigenvalue weighted by atomic mass is 10.5. The average Bonchev–Trinajstić information content (AvgIpc) is 2.65. The van der Waals surface area contributed by atoms with Crippen LogP contribution in [-0.2, 0) is 33.2 Å². The molecule has 0 fully saturated rings. The topological polar surface area (TPSA) is 137 Å². The summed E-state index contributed by atoms with van der Waals surface area (Å²) in [6, 6.07) is 0.